The Balaban J connectivity index is 2.80. The third-order valence-corrected chi connectivity index (χ3v) is 3.12. The number of rotatable bonds is 6. The van der Waals surface area contributed by atoms with Crippen molar-refractivity contribution >= 4 is 0 Å². The molecule has 0 aliphatic heterocycles. The lowest BCUT2D eigenvalue weighted by atomic mass is 9.95. The number of ether oxygens (including phenoxy) is 1. The number of nitrogens with two attached hydrogens (primary N) is 1. The van der Waals surface area contributed by atoms with Gasteiger partial charge in [0.05, 0.1) is 5.60 Å². The van der Waals surface area contributed by atoms with Crippen LogP contribution in [0.25, 0.3) is 0 Å². The van der Waals surface area contributed by atoms with Crippen LogP contribution in [0.5, 0.6) is 0 Å². The van der Waals surface area contributed by atoms with Gasteiger partial charge in [0.15, 0.2) is 0 Å². The highest BCUT2D eigenvalue weighted by Gasteiger charge is 2.21. The van der Waals surface area contributed by atoms with Crippen LogP contribution in [0, 0.1) is 11.6 Å². The fourth-order valence-corrected chi connectivity index (χ4v) is 1.70. The smallest absolute Gasteiger partial charge is 0.128 e. The van der Waals surface area contributed by atoms with Crippen molar-refractivity contribution in [3.8, 4) is 0 Å². The second-order valence-corrected chi connectivity index (χ2v) is 4.89. The van der Waals surface area contributed by atoms with Crippen molar-refractivity contribution in [1.29, 1.82) is 0 Å². The molecule has 1 atom stereocenters. The second kappa shape index (κ2) is 6.22. The molecule has 1 aromatic rings. The van der Waals surface area contributed by atoms with E-state index in [1.165, 1.54) is 6.07 Å². The Morgan fingerprint density at radius 2 is 2.06 bits per heavy atom. The van der Waals surface area contributed by atoms with Gasteiger partial charge in [0.2, 0.25) is 0 Å². The van der Waals surface area contributed by atoms with Crippen LogP contribution in [0.4, 0.5) is 8.78 Å². The zero-order chi connectivity index (χ0) is 13.8. The fourth-order valence-electron chi connectivity index (χ4n) is 1.70. The zero-order valence-corrected chi connectivity index (χ0v) is 11.0. The molecule has 0 fully saturated rings. The van der Waals surface area contributed by atoms with Gasteiger partial charge < -0.3 is 4.74 Å². The molecule has 0 spiro atoms. The molecule has 5 heteroatoms. The van der Waals surface area contributed by atoms with Crippen LogP contribution in [0.15, 0.2) is 18.2 Å². The van der Waals surface area contributed by atoms with Crippen LogP contribution in [0.1, 0.15) is 38.3 Å². The molecule has 0 radical (unpaired) electrons. The van der Waals surface area contributed by atoms with Gasteiger partial charge in [0.1, 0.15) is 11.6 Å². The van der Waals surface area contributed by atoms with Crippen LogP contribution >= 0.6 is 0 Å². The summed E-state index contributed by atoms with van der Waals surface area (Å²) in [5, 5.41) is 0. The molecule has 1 aromatic carbocycles. The van der Waals surface area contributed by atoms with E-state index in [-0.39, 0.29) is 11.2 Å². The largest absolute Gasteiger partial charge is 0.379 e. The van der Waals surface area contributed by atoms with Gasteiger partial charge in [-0.15, -0.1) is 0 Å². The average molecular weight is 258 g/mol. The van der Waals surface area contributed by atoms with Crippen molar-refractivity contribution in [2.24, 2.45) is 5.84 Å². The highest BCUT2D eigenvalue weighted by atomic mass is 19.1. The minimum absolute atomic E-state index is 0.240. The van der Waals surface area contributed by atoms with Crippen LogP contribution in [-0.4, -0.2) is 12.7 Å². The minimum Gasteiger partial charge on any atom is -0.379 e. The molecule has 18 heavy (non-hydrogen) atoms. The topological polar surface area (TPSA) is 47.3 Å². The molecule has 0 aliphatic carbocycles. The van der Waals surface area contributed by atoms with Crippen molar-refractivity contribution in [2.45, 2.75) is 38.3 Å². The van der Waals surface area contributed by atoms with Gasteiger partial charge in [-0.25, -0.2) is 8.78 Å². The third kappa shape index (κ3) is 4.01. The maximum absolute atomic E-state index is 13.6. The van der Waals surface area contributed by atoms with E-state index in [0.717, 1.165) is 12.1 Å². The first-order valence-corrected chi connectivity index (χ1v) is 5.86. The van der Waals surface area contributed by atoms with Crippen LogP contribution in [-0.2, 0) is 4.74 Å². The lowest BCUT2D eigenvalue weighted by molar-refractivity contribution is 0.0116. The summed E-state index contributed by atoms with van der Waals surface area (Å²) in [6.45, 7) is 3.87. The average Bonchev–Trinajstić information content (AvgIpc) is 2.34. The highest BCUT2D eigenvalue weighted by molar-refractivity contribution is 5.22. The summed E-state index contributed by atoms with van der Waals surface area (Å²) in [6, 6.07) is 2.93. The molecule has 0 amide bonds. The Morgan fingerprint density at radius 3 is 2.61 bits per heavy atom. The monoisotopic (exact) mass is 258 g/mol. The Labute approximate surface area is 106 Å². The molecule has 0 heterocycles. The molecule has 102 valence electrons. The number of methoxy groups -OCH3 is 1. The Morgan fingerprint density at radius 1 is 1.39 bits per heavy atom. The second-order valence-electron chi connectivity index (χ2n) is 4.89. The predicted molar refractivity (Wildman–Crippen MR) is 66.7 cm³/mol. The summed E-state index contributed by atoms with van der Waals surface area (Å²) in [5.74, 6) is 4.48. The van der Waals surface area contributed by atoms with Gasteiger partial charge in [-0.3, -0.25) is 11.3 Å². The van der Waals surface area contributed by atoms with E-state index in [9.17, 15) is 8.78 Å². The van der Waals surface area contributed by atoms with Gasteiger partial charge in [-0.1, -0.05) is 0 Å². The number of benzene rings is 1. The van der Waals surface area contributed by atoms with E-state index in [1.807, 2.05) is 13.8 Å². The first-order valence-electron chi connectivity index (χ1n) is 5.86. The van der Waals surface area contributed by atoms with Gasteiger partial charge in [0, 0.05) is 18.7 Å². The predicted octanol–water partition coefficient (Wildman–Crippen LogP) is 2.67. The number of hydrogen-bond acceptors (Lipinski definition) is 3. The molecular weight excluding hydrogens is 238 g/mol. The summed E-state index contributed by atoms with van der Waals surface area (Å²) in [5.41, 5.74) is 2.44. The van der Waals surface area contributed by atoms with Crippen molar-refractivity contribution < 1.29 is 13.5 Å². The van der Waals surface area contributed by atoms with Gasteiger partial charge in [0.25, 0.3) is 0 Å². The van der Waals surface area contributed by atoms with Crippen molar-refractivity contribution in [2.75, 3.05) is 7.11 Å². The normalized spacial score (nSPS) is 13.7. The lowest BCUT2D eigenvalue weighted by Gasteiger charge is -2.26. The van der Waals surface area contributed by atoms with E-state index >= 15 is 0 Å². The molecule has 3 nitrogen and oxygen atoms in total. The lowest BCUT2D eigenvalue weighted by Crippen LogP contribution is -2.31. The summed E-state index contributed by atoms with van der Waals surface area (Å²) in [6.07, 6.45) is 1.23. The molecule has 0 aromatic heterocycles. The van der Waals surface area contributed by atoms with E-state index in [2.05, 4.69) is 5.43 Å². The maximum atomic E-state index is 13.6. The number of hydrogen-bond donors (Lipinski definition) is 2. The van der Waals surface area contributed by atoms with Crippen molar-refractivity contribution in [3.63, 3.8) is 0 Å². The van der Waals surface area contributed by atoms with Gasteiger partial charge in [-0.05, 0) is 44.9 Å². The minimum atomic E-state index is -0.474. The molecular formula is C13H20F2N2O. The van der Waals surface area contributed by atoms with Crippen molar-refractivity contribution in [3.05, 3.63) is 35.4 Å². The first-order chi connectivity index (χ1) is 8.39. The van der Waals surface area contributed by atoms with Crippen LogP contribution in [0.2, 0.25) is 0 Å². The molecule has 3 N–H and O–H groups in total. The summed E-state index contributed by atoms with van der Waals surface area (Å²) < 4.78 is 32.0. The van der Waals surface area contributed by atoms with E-state index in [0.29, 0.717) is 12.8 Å². The molecule has 1 rings (SSSR count). The van der Waals surface area contributed by atoms with E-state index < -0.39 is 17.7 Å². The molecule has 0 bridgehead atoms. The van der Waals surface area contributed by atoms with Crippen LogP contribution in [0.3, 0.4) is 0 Å². The summed E-state index contributed by atoms with van der Waals surface area (Å²) >= 11 is 0. The highest BCUT2D eigenvalue weighted by Crippen LogP contribution is 2.26. The molecule has 0 saturated heterocycles. The maximum Gasteiger partial charge on any atom is 0.128 e. The number of halogens is 2. The fraction of sp³-hybridized carbons (Fsp3) is 0.538. The summed E-state index contributed by atoms with van der Waals surface area (Å²) in [7, 11) is 1.62. The Hall–Kier alpha value is -1.04. The van der Waals surface area contributed by atoms with Crippen molar-refractivity contribution in [1.82, 2.24) is 5.43 Å². The molecule has 1 unspecified atom stereocenters. The van der Waals surface area contributed by atoms with Gasteiger partial charge in [-0.2, -0.15) is 0 Å². The van der Waals surface area contributed by atoms with Crippen LogP contribution < -0.4 is 11.3 Å². The Kier molecular flexibility index (Phi) is 5.19. The number of nitrogens with one attached hydrogen (secondary N) is 1. The van der Waals surface area contributed by atoms with E-state index in [4.69, 9.17) is 10.6 Å². The number of hydrazine groups is 1. The molecule has 0 saturated carbocycles. The van der Waals surface area contributed by atoms with Gasteiger partial charge >= 0.3 is 0 Å². The third-order valence-electron chi connectivity index (χ3n) is 3.12. The summed E-state index contributed by atoms with van der Waals surface area (Å²) in [4.78, 5) is 0. The molecule has 0 aliphatic rings. The SMILES string of the molecule is COC(C)(C)CCC(NN)c1cc(F)ccc1F. The quantitative estimate of drug-likeness (QED) is 0.609. The first kappa shape index (κ1) is 15.0. The standard InChI is InChI=1S/C13H20F2N2O/c1-13(2,18-3)7-6-12(17-16)10-8-9(14)4-5-11(10)15/h4-5,8,12,17H,6-7,16H2,1-3H3. The Bertz CT molecular complexity index is 397. The zero-order valence-electron chi connectivity index (χ0n) is 11.0. The van der Waals surface area contributed by atoms with E-state index in [1.54, 1.807) is 7.11 Å².